The maximum absolute atomic E-state index is 13.2. The van der Waals surface area contributed by atoms with Crippen LogP contribution in [0.1, 0.15) is 18.4 Å². The van der Waals surface area contributed by atoms with Crippen molar-refractivity contribution in [3.8, 4) is 0 Å². The molecule has 0 atom stereocenters. The average molecular weight is 447 g/mol. The number of hydrogen-bond donors (Lipinski definition) is 1. The first-order valence-electron chi connectivity index (χ1n) is 8.41. The van der Waals surface area contributed by atoms with E-state index in [0.717, 1.165) is 24.3 Å². The molecule has 31 heavy (non-hydrogen) atoms. The summed E-state index contributed by atoms with van der Waals surface area (Å²) >= 11 is 0. The largest absolute Gasteiger partial charge is 0.433 e. The van der Waals surface area contributed by atoms with Gasteiger partial charge >= 0.3 is 11.8 Å². The lowest BCUT2D eigenvalue weighted by Gasteiger charge is -2.08. The summed E-state index contributed by atoms with van der Waals surface area (Å²) in [5.41, 5.74) is 0.354. The third-order valence-corrected chi connectivity index (χ3v) is 5.65. The molecule has 0 unspecified atom stereocenters. The van der Waals surface area contributed by atoms with E-state index in [1.54, 1.807) is 0 Å². The van der Waals surface area contributed by atoms with Crippen LogP contribution in [0.25, 0.3) is 11.0 Å². The summed E-state index contributed by atoms with van der Waals surface area (Å²) in [6.45, 7) is 1.29. The lowest BCUT2D eigenvalue weighted by molar-refractivity contribution is -0.402. The van der Waals surface area contributed by atoms with Gasteiger partial charge in [0.15, 0.2) is 5.76 Å². The fourth-order valence-corrected chi connectivity index (χ4v) is 3.93. The Morgan fingerprint density at radius 1 is 0.935 bits per heavy atom. The van der Waals surface area contributed by atoms with Crippen molar-refractivity contribution in [1.82, 2.24) is 0 Å². The van der Waals surface area contributed by atoms with E-state index in [4.69, 9.17) is 8.83 Å². The number of carbonyl (C=O) groups excluding carboxylic acids is 1. The van der Waals surface area contributed by atoms with Gasteiger partial charge in [-0.3, -0.25) is 25.0 Å². The highest BCUT2D eigenvalue weighted by molar-refractivity contribution is 8.00. The number of rotatable bonds is 7. The van der Waals surface area contributed by atoms with E-state index in [-0.39, 0.29) is 22.3 Å². The highest BCUT2D eigenvalue weighted by Gasteiger charge is 2.28. The Bertz CT molecular complexity index is 1300. The van der Waals surface area contributed by atoms with E-state index in [1.165, 1.54) is 37.3 Å². The predicted octanol–water partition coefficient (Wildman–Crippen LogP) is 3.62. The molecule has 1 N–H and O–H groups in total. The fraction of sp³-hybridized carbons (Fsp3) is 0.0556. The van der Waals surface area contributed by atoms with Crippen molar-refractivity contribution >= 4 is 44.2 Å². The average Bonchev–Trinajstić information content (AvgIpc) is 3.36. The van der Waals surface area contributed by atoms with Gasteiger partial charge in [-0.05, 0) is 36.4 Å². The van der Waals surface area contributed by atoms with Gasteiger partial charge in [-0.2, -0.15) is 0 Å². The molecule has 12 nitrogen and oxygen atoms in total. The SMILES string of the molecule is CC(=O)Nc1ccc(S(=O)(=O)/C(=C/c2ccc([N+](=O)[O-])o2)c2ccc([N+](=O)[O-])o2)cc1. The number of furan rings is 2. The van der Waals surface area contributed by atoms with Crippen molar-refractivity contribution < 1.29 is 31.9 Å². The van der Waals surface area contributed by atoms with Crippen LogP contribution in [-0.2, 0) is 14.6 Å². The summed E-state index contributed by atoms with van der Waals surface area (Å²) in [4.78, 5) is 30.5. The molecule has 0 fully saturated rings. The highest BCUT2D eigenvalue weighted by atomic mass is 32.2. The topological polar surface area (TPSA) is 176 Å². The van der Waals surface area contributed by atoms with Gasteiger partial charge < -0.3 is 14.2 Å². The minimum absolute atomic E-state index is 0.181. The number of hydrogen-bond acceptors (Lipinski definition) is 9. The molecule has 1 aromatic carbocycles. The van der Waals surface area contributed by atoms with Crippen LogP contribution in [0.15, 0.2) is 62.3 Å². The van der Waals surface area contributed by atoms with Crippen LogP contribution in [0.3, 0.4) is 0 Å². The highest BCUT2D eigenvalue weighted by Crippen LogP contribution is 2.34. The number of benzene rings is 1. The zero-order valence-corrected chi connectivity index (χ0v) is 16.5. The molecule has 160 valence electrons. The normalized spacial score (nSPS) is 11.8. The summed E-state index contributed by atoms with van der Waals surface area (Å²) in [6, 6.07) is 9.41. The predicted molar refractivity (Wildman–Crippen MR) is 107 cm³/mol. The first-order chi connectivity index (χ1) is 14.6. The number of nitrogens with zero attached hydrogens (tertiary/aromatic N) is 2. The van der Waals surface area contributed by atoms with Crippen molar-refractivity contribution in [3.63, 3.8) is 0 Å². The zero-order chi connectivity index (χ0) is 22.8. The van der Waals surface area contributed by atoms with Crippen LogP contribution in [-0.4, -0.2) is 24.2 Å². The van der Waals surface area contributed by atoms with Crippen LogP contribution >= 0.6 is 0 Å². The molecule has 13 heteroatoms. The summed E-state index contributed by atoms with van der Waals surface area (Å²) in [7, 11) is -4.32. The molecule has 0 bridgehead atoms. The van der Waals surface area contributed by atoms with Crippen molar-refractivity contribution in [2.24, 2.45) is 0 Å². The molecule has 2 aromatic heterocycles. The van der Waals surface area contributed by atoms with Crippen LogP contribution in [0, 0.1) is 20.2 Å². The van der Waals surface area contributed by atoms with Crippen LogP contribution < -0.4 is 5.32 Å². The number of anilines is 1. The van der Waals surface area contributed by atoms with Gasteiger partial charge in [0.1, 0.15) is 20.5 Å². The Kier molecular flexibility index (Phi) is 5.70. The van der Waals surface area contributed by atoms with E-state index in [9.17, 15) is 33.4 Å². The monoisotopic (exact) mass is 447 g/mol. The molecule has 2 heterocycles. The molecule has 0 aliphatic carbocycles. The Morgan fingerprint density at radius 2 is 1.52 bits per heavy atom. The third kappa shape index (κ3) is 4.67. The van der Waals surface area contributed by atoms with Gasteiger partial charge in [-0.1, -0.05) is 0 Å². The first kappa shape index (κ1) is 21.4. The number of amides is 1. The molecule has 1 amide bonds. The van der Waals surface area contributed by atoms with Gasteiger partial charge in [-0.25, -0.2) is 8.42 Å². The molecule has 0 aliphatic rings. The van der Waals surface area contributed by atoms with Crippen LogP contribution in [0.4, 0.5) is 17.5 Å². The van der Waals surface area contributed by atoms with Crippen molar-refractivity contribution in [1.29, 1.82) is 0 Å². The van der Waals surface area contributed by atoms with Gasteiger partial charge in [-0.15, -0.1) is 0 Å². The smallest absolute Gasteiger partial charge is 0.401 e. The van der Waals surface area contributed by atoms with Crippen LogP contribution in [0.5, 0.6) is 0 Å². The molecule has 0 spiro atoms. The summed E-state index contributed by atoms with van der Waals surface area (Å²) < 4.78 is 36.5. The minimum atomic E-state index is -4.32. The van der Waals surface area contributed by atoms with Crippen molar-refractivity contribution in [3.05, 3.63) is 80.3 Å². The Labute approximate surface area is 174 Å². The molecular formula is C18H13N3O9S. The Hall–Kier alpha value is -4.26. The first-order valence-corrected chi connectivity index (χ1v) is 9.89. The van der Waals surface area contributed by atoms with E-state index in [1.807, 2.05) is 0 Å². The lowest BCUT2D eigenvalue weighted by Crippen LogP contribution is -2.07. The molecular weight excluding hydrogens is 434 g/mol. The van der Waals surface area contributed by atoms with Gasteiger partial charge in [0.2, 0.25) is 15.7 Å². The van der Waals surface area contributed by atoms with Crippen LogP contribution in [0.2, 0.25) is 0 Å². The van der Waals surface area contributed by atoms with Gasteiger partial charge in [0.25, 0.3) is 0 Å². The maximum Gasteiger partial charge on any atom is 0.433 e. The van der Waals surface area contributed by atoms with E-state index in [2.05, 4.69) is 5.32 Å². The van der Waals surface area contributed by atoms with Gasteiger partial charge in [0.05, 0.1) is 17.0 Å². The summed E-state index contributed by atoms with van der Waals surface area (Å²) in [6.07, 6.45) is 0.965. The second-order valence-corrected chi connectivity index (χ2v) is 7.96. The second kappa shape index (κ2) is 8.23. The standard InChI is InChI=1S/C18H13N3O9S/c1-11(22)19-12-2-5-14(6-3-12)31(27,28)16(15-7-9-18(30-15)21(25)26)10-13-4-8-17(29-13)20(23)24/h2-10H,1H3,(H,19,22)/b16-10+. The quantitative estimate of drug-likeness (QED) is 0.418. The van der Waals surface area contributed by atoms with E-state index in [0.29, 0.717) is 5.69 Å². The van der Waals surface area contributed by atoms with Gasteiger partial charge in [0, 0.05) is 18.7 Å². The van der Waals surface area contributed by atoms with E-state index >= 15 is 0 Å². The number of sulfone groups is 1. The Morgan fingerprint density at radius 3 is 2.03 bits per heavy atom. The minimum Gasteiger partial charge on any atom is -0.401 e. The second-order valence-electron chi connectivity index (χ2n) is 6.05. The Balaban J connectivity index is 2.11. The van der Waals surface area contributed by atoms with E-state index < -0.39 is 36.4 Å². The number of nitro groups is 2. The molecule has 0 saturated heterocycles. The summed E-state index contributed by atoms with van der Waals surface area (Å²) in [5, 5.41) is 24.3. The molecule has 3 rings (SSSR count). The molecule has 3 aromatic rings. The molecule has 0 radical (unpaired) electrons. The number of nitrogens with one attached hydrogen (secondary N) is 1. The lowest BCUT2D eigenvalue weighted by atomic mass is 10.3. The summed E-state index contributed by atoms with van der Waals surface area (Å²) in [5.74, 6) is -2.20. The van der Waals surface area contributed by atoms with Crippen molar-refractivity contribution in [2.75, 3.05) is 5.32 Å². The fourth-order valence-electron chi connectivity index (χ4n) is 2.53. The zero-order valence-electron chi connectivity index (χ0n) is 15.7. The van der Waals surface area contributed by atoms with Crippen molar-refractivity contribution in [2.45, 2.75) is 11.8 Å². The molecule has 0 saturated carbocycles. The maximum atomic E-state index is 13.2. The number of carbonyl (C=O) groups is 1. The molecule has 0 aliphatic heterocycles. The third-order valence-electron chi connectivity index (χ3n) is 3.86.